The van der Waals surface area contributed by atoms with Gasteiger partial charge in [0.25, 0.3) is 0 Å². The van der Waals surface area contributed by atoms with Crippen molar-refractivity contribution in [1.82, 2.24) is 0 Å². The second-order valence-corrected chi connectivity index (χ2v) is 8.67. The van der Waals surface area contributed by atoms with Gasteiger partial charge in [-0.3, -0.25) is 0 Å². The molecule has 1 N–H and O–H groups in total. The SMILES string of the molecule is CCCCCCCCCCCCCCCCNc1ccc(C(=O)OC(C)C)cc1F. The molecule has 0 amide bonds. The van der Waals surface area contributed by atoms with Crippen LogP contribution in [0.1, 0.15) is 121 Å². The number of halogens is 1. The largest absolute Gasteiger partial charge is 0.459 e. The summed E-state index contributed by atoms with van der Waals surface area (Å²) in [4.78, 5) is 11.8. The monoisotopic (exact) mass is 421 g/mol. The van der Waals surface area contributed by atoms with Gasteiger partial charge in [-0.1, -0.05) is 90.4 Å². The van der Waals surface area contributed by atoms with Gasteiger partial charge in [-0.05, 0) is 38.5 Å². The summed E-state index contributed by atoms with van der Waals surface area (Å²) in [5, 5.41) is 3.14. The quantitative estimate of drug-likeness (QED) is 0.191. The lowest BCUT2D eigenvalue weighted by Crippen LogP contribution is -2.12. The smallest absolute Gasteiger partial charge is 0.338 e. The minimum absolute atomic E-state index is 0.210. The van der Waals surface area contributed by atoms with Gasteiger partial charge >= 0.3 is 5.97 Å². The van der Waals surface area contributed by atoms with Crippen molar-refractivity contribution in [2.75, 3.05) is 11.9 Å². The summed E-state index contributed by atoms with van der Waals surface area (Å²) < 4.78 is 19.3. The molecule has 1 rings (SSSR count). The summed E-state index contributed by atoms with van der Waals surface area (Å²) in [6, 6.07) is 4.48. The van der Waals surface area contributed by atoms with E-state index >= 15 is 0 Å². The lowest BCUT2D eigenvalue weighted by Gasteiger charge is -2.10. The predicted molar refractivity (Wildman–Crippen MR) is 126 cm³/mol. The van der Waals surface area contributed by atoms with Crippen LogP contribution in [0.15, 0.2) is 18.2 Å². The molecular formula is C26H44FNO2. The molecule has 0 unspecified atom stereocenters. The van der Waals surface area contributed by atoms with E-state index in [0.29, 0.717) is 5.69 Å². The minimum atomic E-state index is -0.484. The zero-order valence-electron chi connectivity index (χ0n) is 19.6. The van der Waals surface area contributed by atoms with Crippen molar-refractivity contribution in [2.45, 2.75) is 117 Å². The highest BCUT2D eigenvalue weighted by Crippen LogP contribution is 2.18. The van der Waals surface area contributed by atoms with E-state index in [1.54, 1.807) is 26.0 Å². The summed E-state index contributed by atoms with van der Waals surface area (Å²) in [5.74, 6) is -0.888. The van der Waals surface area contributed by atoms with E-state index < -0.39 is 11.8 Å². The third kappa shape index (κ3) is 12.9. The molecule has 0 spiro atoms. The summed E-state index contributed by atoms with van der Waals surface area (Å²) in [5.41, 5.74) is 0.703. The van der Waals surface area contributed by atoms with Crippen molar-refractivity contribution in [3.63, 3.8) is 0 Å². The third-order valence-electron chi connectivity index (χ3n) is 5.39. The molecule has 172 valence electrons. The van der Waals surface area contributed by atoms with Crippen molar-refractivity contribution in [2.24, 2.45) is 0 Å². The highest BCUT2D eigenvalue weighted by atomic mass is 19.1. The van der Waals surface area contributed by atoms with Crippen LogP contribution in [0.4, 0.5) is 10.1 Å². The molecule has 1 aromatic carbocycles. The first-order valence-electron chi connectivity index (χ1n) is 12.3. The number of esters is 1. The minimum Gasteiger partial charge on any atom is -0.459 e. The van der Waals surface area contributed by atoms with Crippen LogP contribution < -0.4 is 5.32 Å². The fourth-order valence-corrected chi connectivity index (χ4v) is 3.61. The molecule has 0 fully saturated rings. The van der Waals surface area contributed by atoms with Crippen LogP contribution in [-0.4, -0.2) is 18.6 Å². The maximum Gasteiger partial charge on any atom is 0.338 e. The van der Waals surface area contributed by atoms with E-state index in [2.05, 4.69) is 12.2 Å². The Morgan fingerprint density at radius 2 is 1.37 bits per heavy atom. The number of benzene rings is 1. The maximum atomic E-state index is 14.2. The van der Waals surface area contributed by atoms with Gasteiger partial charge in [-0.25, -0.2) is 9.18 Å². The van der Waals surface area contributed by atoms with E-state index in [4.69, 9.17) is 4.74 Å². The van der Waals surface area contributed by atoms with E-state index in [1.165, 1.54) is 89.5 Å². The fourth-order valence-electron chi connectivity index (χ4n) is 3.61. The molecular weight excluding hydrogens is 377 g/mol. The molecule has 3 nitrogen and oxygen atoms in total. The Morgan fingerprint density at radius 3 is 1.83 bits per heavy atom. The van der Waals surface area contributed by atoms with Crippen molar-refractivity contribution in [3.8, 4) is 0 Å². The first kappa shape index (κ1) is 26.5. The average molecular weight is 422 g/mol. The summed E-state index contributed by atoms with van der Waals surface area (Å²) in [6.07, 6.45) is 18.4. The predicted octanol–water partition coefficient (Wildman–Crippen LogP) is 8.28. The standard InChI is InChI=1S/C26H44FNO2/c1-4-5-6-7-8-9-10-11-12-13-14-15-16-17-20-28-25-19-18-23(21-24(25)27)26(29)30-22(2)3/h18-19,21-22,28H,4-17,20H2,1-3H3. The number of carbonyl (C=O) groups excluding carboxylic acids is 1. The van der Waals surface area contributed by atoms with Gasteiger partial charge in [-0.2, -0.15) is 0 Å². The van der Waals surface area contributed by atoms with Crippen LogP contribution in [0.2, 0.25) is 0 Å². The van der Waals surface area contributed by atoms with Crippen LogP contribution in [0.3, 0.4) is 0 Å². The normalized spacial score (nSPS) is 11.1. The van der Waals surface area contributed by atoms with E-state index in [1.807, 2.05) is 0 Å². The van der Waals surface area contributed by atoms with Crippen LogP contribution >= 0.6 is 0 Å². The van der Waals surface area contributed by atoms with Crippen molar-refractivity contribution < 1.29 is 13.9 Å². The summed E-state index contributed by atoms with van der Waals surface area (Å²) >= 11 is 0. The first-order valence-corrected chi connectivity index (χ1v) is 12.3. The molecule has 0 heterocycles. The number of anilines is 1. The Labute approximate surface area is 184 Å². The number of ether oxygens (including phenoxy) is 1. The Morgan fingerprint density at radius 1 is 0.867 bits per heavy atom. The lowest BCUT2D eigenvalue weighted by molar-refractivity contribution is 0.0377. The molecule has 1 aromatic rings. The van der Waals surface area contributed by atoms with E-state index in [0.717, 1.165) is 13.0 Å². The highest BCUT2D eigenvalue weighted by molar-refractivity contribution is 5.90. The highest BCUT2D eigenvalue weighted by Gasteiger charge is 2.12. The number of nitrogens with one attached hydrogen (secondary N) is 1. The Balaban J connectivity index is 2.00. The van der Waals surface area contributed by atoms with Crippen LogP contribution in [0.5, 0.6) is 0 Å². The lowest BCUT2D eigenvalue weighted by atomic mass is 10.0. The Hall–Kier alpha value is -1.58. The van der Waals surface area contributed by atoms with Crippen LogP contribution in [0.25, 0.3) is 0 Å². The second kappa shape index (κ2) is 17.1. The second-order valence-electron chi connectivity index (χ2n) is 8.67. The van der Waals surface area contributed by atoms with Crippen molar-refractivity contribution in [1.29, 1.82) is 0 Å². The summed E-state index contributed by atoms with van der Waals surface area (Å²) in [6.45, 7) is 6.58. The Bertz CT molecular complexity index is 574. The van der Waals surface area contributed by atoms with Gasteiger partial charge in [0.2, 0.25) is 0 Å². The molecule has 0 aliphatic carbocycles. The molecule has 4 heteroatoms. The molecule has 0 saturated heterocycles. The number of hydrogen-bond acceptors (Lipinski definition) is 3. The maximum absolute atomic E-state index is 14.2. The molecule has 0 aliphatic rings. The molecule has 30 heavy (non-hydrogen) atoms. The number of hydrogen-bond donors (Lipinski definition) is 1. The van der Waals surface area contributed by atoms with Gasteiger partial charge < -0.3 is 10.1 Å². The fraction of sp³-hybridized carbons (Fsp3) is 0.731. The third-order valence-corrected chi connectivity index (χ3v) is 5.39. The molecule has 0 aromatic heterocycles. The average Bonchev–Trinajstić information content (AvgIpc) is 2.71. The topological polar surface area (TPSA) is 38.3 Å². The van der Waals surface area contributed by atoms with E-state index in [9.17, 15) is 9.18 Å². The zero-order chi connectivity index (χ0) is 22.0. The Kier molecular flexibility index (Phi) is 15.1. The van der Waals surface area contributed by atoms with Gasteiger partial charge in [0.1, 0.15) is 5.82 Å². The van der Waals surface area contributed by atoms with Gasteiger partial charge in [0.15, 0.2) is 0 Å². The van der Waals surface area contributed by atoms with Crippen molar-refractivity contribution in [3.05, 3.63) is 29.6 Å². The van der Waals surface area contributed by atoms with Gasteiger partial charge in [-0.15, -0.1) is 0 Å². The van der Waals surface area contributed by atoms with Crippen molar-refractivity contribution >= 4 is 11.7 Å². The van der Waals surface area contributed by atoms with Crippen LogP contribution in [-0.2, 0) is 4.74 Å². The number of carbonyl (C=O) groups is 1. The summed E-state index contributed by atoms with van der Waals surface area (Å²) in [7, 11) is 0. The molecule has 0 aliphatic heterocycles. The first-order chi connectivity index (χ1) is 14.5. The molecule has 0 bridgehead atoms. The van der Waals surface area contributed by atoms with Gasteiger partial charge in [0.05, 0.1) is 17.4 Å². The molecule has 0 radical (unpaired) electrons. The number of unbranched alkanes of at least 4 members (excludes halogenated alkanes) is 13. The molecule has 0 saturated carbocycles. The molecule has 0 atom stereocenters. The van der Waals surface area contributed by atoms with Gasteiger partial charge in [0, 0.05) is 6.54 Å². The van der Waals surface area contributed by atoms with E-state index in [-0.39, 0.29) is 11.7 Å². The van der Waals surface area contributed by atoms with Crippen LogP contribution in [0, 0.1) is 5.82 Å². The number of rotatable bonds is 18. The zero-order valence-corrected chi connectivity index (χ0v) is 19.6.